The Labute approximate surface area is 115 Å². The Morgan fingerprint density at radius 1 is 1.24 bits per heavy atom. The van der Waals surface area contributed by atoms with Crippen LogP contribution in [0.15, 0.2) is 27.3 Å². The van der Waals surface area contributed by atoms with Gasteiger partial charge in [-0.25, -0.2) is 4.79 Å². The van der Waals surface area contributed by atoms with Gasteiger partial charge in [-0.1, -0.05) is 5.18 Å². The fraction of sp³-hybridized carbons (Fsp3) is 0.167. The first-order valence-electron chi connectivity index (χ1n) is 5.61. The average molecular weight is 292 g/mol. The molecule has 21 heavy (non-hydrogen) atoms. The molecule has 0 bridgehead atoms. The van der Waals surface area contributed by atoms with E-state index in [1.54, 1.807) is 0 Å². The molecule has 3 N–H and O–H groups in total. The summed E-state index contributed by atoms with van der Waals surface area (Å²) in [6, 6.07) is 0.0844. The van der Waals surface area contributed by atoms with E-state index in [0.29, 0.717) is 6.07 Å². The maximum absolute atomic E-state index is 12.0. The lowest BCUT2D eigenvalue weighted by molar-refractivity contribution is 0.0696. The molecule has 0 saturated carbocycles. The van der Waals surface area contributed by atoms with Crippen molar-refractivity contribution in [2.24, 2.45) is 10.4 Å². The number of aliphatic hydroxyl groups is 1. The zero-order valence-corrected chi connectivity index (χ0v) is 10.3. The molecule has 0 aliphatic heterocycles. The van der Waals surface area contributed by atoms with E-state index in [4.69, 9.17) is 5.11 Å². The van der Waals surface area contributed by atoms with Crippen LogP contribution in [0.25, 0.3) is 11.8 Å². The number of aromatic carboxylic acids is 1. The van der Waals surface area contributed by atoms with Gasteiger partial charge in [0.05, 0.1) is 10.8 Å². The van der Waals surface area contributed by atoms with Gasteiger partial charge in [0.1, 0.15) is 11.8 Å². The SMILES string of the molecule is O=NC1=c2c(cc(C(=O)O)cc(O)c2=O)=CC(O)C1N=O. The van der Waals surface area contributed by atoms with Gasteiger partial charge < -0.3 is 15.3 Å². The minimum absolute atomic E-state index is 0.125. The first-order valence-corrected chi connectivity index (χ1v) is 5.61. The Morgan fingerprint density at radius 2 is 1.90 bits per heavy atom. The molecule has 9 nitrogen and oxygen atoms in total. The predicted molar refractivity (Wildman–Crippen MR) is 69.8 cm³/mol. The minimum Gasteiger partial charge on any atom is -0.504 e. The van der Waals surface area contributed by atoms with E-state index in [1.165, 1.54) is 0 Å². The quantitative estimate of drug-likeness (QED) is 0.580. The van der Waals surface area contributed by atoms with Crippen molar-refractivity contribution in [2.75, 3.05) is 0 Å². The van der Waals surface area contributed by atoms with Gasteiger partial charge in [0, 0.05) is 0 Å². The highest BCUT2D eigenvalue weighted by atomic mass is 16.4. The molecular formula is C12H8N2O7. The van der Waals surface area contributed by atoms with E-state index in [1.807, 2.05) is 0 Å². The van der Waals surface area contributed by atoms with E-state index in [9.17, 15) is 29.6 Å². The average Bonchev–Trinajstić information content (AvgIpc) is 2.55. The summed E-state index contributed by atoms with van der Waals surface area (Å²) in [7, 11) is 0. The van der Waals surface area contributed by atoms with Crippen LogP contribution in [-0.2, 0) is 0 Å². The minimum atomic E-state index is -1.60. The van der Waals surface area contributed by atoms with Crippen LogP contribution in [0.1, 0.15) is 10.4 Å². The van der Waals surface area contributed by atoms with Gasteiger partial charge in [0.25, 0.3) is 0 Å². The summed E-state index contributed by atoms with van der Waals surface area (Å²) in [6.07, 6.45) is -0.531. The third-order valence-electron chi connectivity index (χ3n) is 3.02. The summed E-state index contributed by atoms with van der Waals surface area (Å²) in [5.74, 6) is -2.36. The number of carboxylic acids is 1. The highest BCUT2D eigenvalue weighted by molar-refractivity contribution is 5.88. The summed E-state index contributed by atoms with van der Waals surface area (Å²) >= 11 is 0. The van der Waals surface area contributed by atoms with Crippen LogP contribution >= 0.6 is 0 Å². The lowest BCUT2D eigenvalue weighted by atomic mass is 9.99. The lowest BCUT2D eigenvalue weighted by Gasteiger charge is -2.14. The third-order valence-corrected chi connectivity index (χ3v) is 3.02. The normalized spacial score (nSPS) is 20.1. The Kier molecular flexibility index (Phi) is 3.59. The summed E-state index contributed by atoms with van der Waals surface area (Å²) in [5, 5.41) is 32.7. The fourth-order valence-electron chi connectivity index (χ4n) is 2.07. The van der Waals surface area contributed by atoms with Crippen molar-refractivity contribution in [3.8, 4) is 5.75 Å². The van der Waals surface area contributed by atoms with Crippen LogP contribution in [0.2, 0.25) is 0 Å². The molecule has 0 amide bonds. The first kappa shape index (κ1) is 14.5. The van der Waals surface area contributed by atoms with Crippen LogP contribution in [-0.4, -0.2) is 33.4 Å². The molecule has 1 aliphatic rings. The van der Waals surface area contributed by atoms with E-state index >= 15 is 0 Å². The molecule has 0 spiro atoms. The number of carboxylic acid groups (broad SMARTS) is 1. The number of aliphatic hydroxyl groups excluding tert-OH is 1. The number of fused-ring (bicyclic) bond motifs is 1. The molecule has 108 valence electrons. The highest BCUT2D eigenvalue weighted by Gasteiger charge is 2.29. The molecular weight excluding hydrogens is 284 g/mol. The van der Waals surface area contributed by atoms with Gasteiger partial charge in [0.15, 0.2) is 11.8 Å². The van der Waals surface area contributed by atoms with Crippen LogP contribution in [0, 0.1) is 9.81 Å². The van der Waals surface area contributed by atoms with Crippen molar-refractivity contribution in [3.05, 3.63) is 48.2 Å². The number of carbonyl (C=O) groups is 1. The second-order valence-corrected chi connectivity index (χ2v) is 4.28. The summed E-state index contributed by atoms with van der Waals surface area (Å²) in [5.41, 5.74) is -2.16. The molecule has 0 heterocycles. The Balaban J connectivity index is 3.13. The van der Waals surface area contributed by atoms with Crippen LogP contribution in [0.3, 0.4) is 0 Å². The number of hydrogen-bond acceptors (Lipinski definition) is 8. The number of nitroso groups, excluding NO2 is 2. The number of hydrogen-bond donors (Lipinski definition) is 3. The Bertz CT molecular complexity index is 831. The number of aromatic hydroxyl groups is 1. The highest BCUT2D eigenvalue weighted by Crippen LogP contribution is 2.15. The monoisotopic (exact) mass is 292 g/mol. The topological polar surface area (TPSA) is 154 Å². The van der Waals surface area contributed by atoms with Gasteiger partial charge >= 0.3 is 5.97 Å². The zero-order chi connectivity index (χ0) is 15.7. The standard InChI is InChI=1S/C12H8N2O7/c15-6-2-4-1-5(12(18)19)3-7(16)11(17)8(4)10(14-21)9(6)13-20/h1-3,6,9,15-16H,(H,18,19). The van der Waals surface area contributed by atoms with E-state index < -0.39 is 45.8 Å². The molecule has 9 heteroatoms. The van der Waals surface area contributed by atoms with Gasteiger partial charge in [-0.2, -0.15) is 0 Å². The van der Waals surface area contributed by atoms with Crippen molar-refractivity contribution in [1.82, 2.24) is 0 Å². The molecule has 2 unspecified atom stereocenters. The molecule has 0 saturated heterocycles. The van der Waals surface area contributed by atoms with Gasteiger partial charge in [0.2, 0.25) is 5.43 Å². The largest absolute Gasteiger partial charge is 0.504 e. The first-order chi connectivity index (χ1) is 9.90. The van der Waals surface area contributed by atoms with E-state index in [-0.39, 0.29) is 5.22 Å². The summed E-state index contributed by atoms with van der Waals surface area (Å²) in [6.45, 7) is 0. The maximum atomic E-state index is 12.0. The Morgan fingerprint density at radius 3 is 2.43 bits per heavy atom. The molecule has 1 aromatic carbocycles. The van der Waals surface area contributed by atoms with Crippen molar-refractivity contribution >= 4 is 17.7 Å². The van der Waals surface area contributed by atoms with Crippen LogP contribution < -0.4 is 15.9 Å². The molecule has 2 atom stereocenters. The van der Waals surface area contributed by atoms with Crippen molar-refractivity contribution in [3.63, 3.8) is 0 Å². The predicted octanol–water partition coefficient (Wildman–Crippen LogP) is -1.38. The summed E-state index contributed by atoms with van der Waals surface area (Å²) in [4.78, 5) is 44.6. The van der Waals surface area contributed by atoms with Crippen molar-refractivity contribution in [2.45, 2.75) is 12.1 Å². The zero-order valence-electron chi connectivity index (χ0n) is 10.3. The second kappa shape index (κ2) is 5.21. The maximum Gasteiger partial charge on any atom is 0.335 e. The van der Waals surface area contributed by atoms with Crippen molar-refractivity contribution < 1.29 is 20.1 Å². The molecule has 0 radical (unpaired) electrons. The van der Waals surface area contributed by atoms with Gasteiger partial charge in [-0.15, -0.1) is 9.81 Å². The number of rotatable bonds is 3. The lowest BCUT2D eigenvalue weighted by Crippen LogP contribution is -2.46. The molecule has 1 aliphatic carbocycles. The van der Waals surface area contributed by atoms with Crippen molar-refractivity contribution in [1.29, 1.82) is 0 Å². The molecule has 2 rings (SSSR count). The van der Waals surface area contributed by atoms with Crippen LogP contribution in [0.4, 0.5) is 0 Å². The smallest absolute Gasteiger partial charge is 0.335 e. The third kappa shape index (κ3) is 2.30. The molecule has 1 aromatic rings. The van der Waals surface area contributed by atoms with Crippen LogP contribution in [0.5, 0.6) is 5.75 Å². The van der Waals surface area contributed by atoms with E-state index in [0.717, 1.165) is 12.1 Å². The number of nitrogens with zero attached hydrogens (tertiary/aromatic N) is 2. The van der Waals surface area contributed by atoms with E-state index in [2.05, 4.69) is 10.4 Å². The fourth-order valence-corrected chi connectivity index (χ4v) is 2.07. The van der Waals surface area contributed by atoms with Gasteiger partial charge in [-0.3, -0.25) is 4.79 Å². The second-order valence-electron chi connectivity index (χ2n) is 4.28. The Hall–Kier alpha value is -2.94. The molecule has 0 aromatic heterocycles. The molecule has 0 fully saturated rings. The summed E-state index contributed by atoms with van der Waals surface area (Å²) < 4.78 is 0. The van der Waals surface area contributed by atoms with Gasteiger partial charge in [-0.05, 0) is 28.6 Å².